The average molecular weight is 469 g/mol. The van der Waals surface area contributed by atoms with Gasteiger partial charge in [0, 0.05) is 36.4 Å². The number of methoxy groups -OCH3 is 1. The predicted molar refractivity (Wildman–Crippen MR) is 134 cm³/mol. The van der Waals surface area contributed by atoms with Crippen molar-refractivity contribution in [2.75, 3.05) is 20.3 Å². The van der Waals surface area contributed by atoms with E-state index in [9.17, 15) is 4.39 Å². The van der Waals surface area contributed by atoms with Gasteiger partial charge in [0.25, 0.3) is 0 Å². The summed E-state index contributed by atoms with van der Waals surface area (Å²) in [6.07, 6.45) is 2.27. The second-order valence-electron chi connectivity index (χ2n) is 8.27. The number of hydrogen-bond donors (Lipinski definition) is 1. The van der Waals surface area contributed by atoms with Gasteiger partial charge in [0.2, 0.25) is 0 Å². The zero-order valence-electron chi connectivity index (χ0n) is 19.6. The zero-order valence-corrected chi connectivity index (χ0v) is 19.6. The highest BCUT2D eigenvalue weighted by molar-refractivity contribution is 5.86. The second kappa shape index (κ2) is 10.0. The lowest BCUT2D eigenvalue weighted by Gasteiger charge is -2.08. The maximum Gasteiger partial charge on any atom is 0.165 e. The molecule has 35 heavy (non-hydrogen) atoms. The van der Waals surface area contributed by atoms with E-state index in [0.717, 1.165) is 50.6 Å². The normalized spacial score (nSPS) is 11.2. The van der Waals surface area contributed by atoms with E-state index >= 15 is 0 Å². The van der Waals surface area contributed by atoms with Gasteiger partial charge in [0.05, 0.1) is 29.2 Å². The van der Waals surface area contributed by atoms with Crippen molar-refractivity contribution < 1.29 is 13.9 Å². The Labute approximate surface area is 202 Å². The highest BCUT2D eigenvalue weighted by atomic mass is 19.1. The maximum absolute atomic E-state index is 14.2. The molecule has 7 heteroatoms. The lowest BCUT2D eigenvalue weighted by Crippen LogP contribution is -2.06. The van der Waals surface area contributed by atoms with Crippen molar-refractivity contribution in [1.82, 2.24) is 19.9 Å². The smallest absolute Gasteiger partial charge is 0.165 e. The molecule has 3 heterocycles. The summed E-state index contributed by atoms with van der Waals surface area (Å²) in [6, 6.07) is 20.8. The predicted octanol–water partition coefficient (Wildman–Crippen LogP) is 5.75. The highest BCUT2D eigenvalue weighted by Gasteiger charge is 2.17. The van der Waals surface area contributed by atoms with Crippen molar-refractivity contribution in [3.63, 3.8) is 0 Å². The number of aryl methyl sites for hydroxylation is 1. The molecule has 5 aromatic rings. The van der Waals surface area contributed by atoms with Crippen molar-refractivity contribution in [3.8, 4) is 28.4 Å². The number of aromatic amines is 1. The summed E-state index contributed by atoms with van der Waals surface area (Å²) in [6.45, 7) is 2.63. The number of nitrogens with zero attached hydrogens (tertiary/aromatic N) is 3. The van der Waals surface area contributed by atoms with E-state index in [-0.39, 0.29) is 12.4 Å². The first-order valence-electron chi connectivity index (χ1n) is 11.4. The lowest BCUT2D eigenvalue weighted by molar-refractivity contribution is 0.144. The summed E-state index contributed by atoms with van der Waals surface area (Å²) in [7, 11) is 1.58. The van der Waals surface area contributed by atoms with Crippen LogP contribution in [0, 0.1) is 12.7 Å². The van der Waals surface area contributed by atoms with Crippen molar-refractivity contribution in [1.29, 1.82) is 0 Å². The van der Waals surface area contributed by atoms with E-state index in [1.54, 1.807) is 25.4 Å². The number of rotatable bonds is 8. The number of fused-ring (bicyclic) bond motifs is 1. The van der Waals surface area contributed by atoms with Gasteiger partial charge in [0.1, 0.15) is 12.4 Å². The highest BCUT2D eigenvalue weighted by Crippen LogP contribution is 2.32. The van der Waals surface area contributed by atoms with E-state index in [4.69, 9.17) is 19.4 Å². The van der Waals surface area contributed by atoms with Gasteiger partial charge in [-0.25, -0.2) is 9.37 Å². The van der Waals surface area contributed by atoms with Crippen LogP contribution in [0.2, 0.25) is 0 Å². The Balaban J connectivity index is 1.53. The summed E-state index contributed by atoms with van der Waals surface area (Å²) in [5.41, 5.74) is 6.15. The van der Waals surface area contributed by atoms with Crippen LogP contribution in [0.1, 0.15) is 17.1 Å². The summed E-state index contributed by atoms with van der Waals surface area (Å²) in [5, 5.41) is 1.04. The molecule has 0 amide bonds. The lowest BCUT2D eigenvalue weighted by atomic mass is 10.1. The molecule has 0 spiro atoms. The minimum atomic E-state index is -0.403. The minimum absolute atomic E-state index is 0.203. The third-order valence-electron chi connectivity index (χ3n) is 5.69. The van der Waals surface area contributed by atoms with Gasteiger partial charge in [-0.3, -0.25) is 9.97 Å². The van der Waals surface area contributed by atoms with Crippen LogP contribution in [0.15, 0.2) is 72.9 Å². The van der Waals surface area contributed by atoms with E-state index < -0.39 is 5.82 Å². The van der Waals surface area contributed by atoms with Gasteiger partial charge in [-0.05, 0) is 55.0 Å². The van der Waals surface area contributed by atoms with Crippen LogP contribution in [-0.2, 0) is 11.2 Å². The minimum Gasteiger partial charge on any atom is -0.488 e. The number of hydrogen-bond acceptors (Lipinski definition) is 5. The zero-order chi connectivity index (χ0) is 24.2. The monoisotopic (exact) mass is 468 g/mol. The Bertz CT molecular complexity index is 1480. The number of halogens is 1. The van der Waals surface area contributed by atoms with E-state index in [0.29, 0.717) is 13.0 Å². The van der Waals surface area contributed by atoms with Crippen molar-refractivity contribution in [2.24, 2.45) is 0 Å². The first-order valence-corrected chi connectivity index (χ1v) is 11.4. The number of ether oxygens (including phenoxy) is 2. The standard InChI is InChI=1S/C28H25FN4O2/c1-18-5-3-7-24(31-18)28-27(21-9-11-23-20(17-21)6-4-12-30-23)32-26(33-28)16-19-8-10-22(29)25(15-19)35-14-13-34-2/h3-12,15,17H,13-14,16H2,1-2H3,(H,32,33). The molecule has 0 aliphatic heterocycles. The van der Waals surface area contributed by atoms with Crippen molar-refractivity contribution in [3.05, 3.63) is 95.8 Å². The fourth-order valence-electron chi connectivity index (χ4n) is 4.00. The molecule has 0 saturated carbocycles. The number of pyridine rings is 2. The second-order valence-corrected chi connectivity index (χ2v) is 8.27. The first-order chi connectivity index (χ1) is 17.1. The first kappa shape index (κ1) is 22.7. The SMILES string of the molecule is COCCOc1cc(Cc2nc(-c3ccc4ncccc4c3)c(-c3cccc(C)n3)[nH]2)ccc1F. The quantitative estimate of drug-likeness (QED) is 0.294. The number of aromatic nitrogens is 4. The van der Waals surface area contributed by atoms with Gasteiger partial charge < -0.3 is 14.5 Å². The number of benzene rings is 2. The summed E-state index contributed by atoms with van der Waals surface area (Å²) in [4.78, 5) is 17.5. The molecule has 0 atom stereocenters. The molecule has 5 rings (SSSR count). The van der Waals surface area contributed by atoms with Crippen molar-refractivity contribution >= 4 is 10.9 Å². The van der Waals surface area contributed by atoms with Gasteiger partial charge in [0.15, 0.2) is 11.6 Å². The Kier molecular flexibility index (Phi) is 6.50. The van der Waals surface area contributed by atoms with E-state index in [1.165, 1.54) is 6.07 Å². The van der Waals surface area contributed by atoms with Crippen LogP contribution in [0.4, 0.5) is 4.39 Å². The number of nitrogens with one attached hydrogen (secondary N) is 1. The van der Waals surface area contributed by atoms with Crippen LogP contribution in [0.3, 0.4) is 0 Å². The summed E-state index contributed by atoms with van der Waals surface area (Å²) in [5.74, 6) is 0.549. The van der Waals surface area contributed by atoms with Crippen LogP contribution in [-0.4, -0.2) is 40.3 Å². The topological polar surface area (TPSA) is 72.9 Å². The molecular weight excluding hydrogens is 443 g/mol. The molecule has 0 fully saturated rings. The number of H-pyrrole nitrogens is 1. The molecular formula is C28H25FN4O2. The van der Waals surface area contributed by atoms with E-state index in [2.05, 4.69) is 16.0 Å². The fourth-order valence-corrected chi connectivity index (χ4v) is 4.00. The van der Waals surface area contributed by atoms with E-state index in [1.807, 2.05) is 49.4 Å². The van der Waals surface area contributed by atoms with Crippen molar-refractivity contribution in [2.45, 2.75) is 13.3 Å². The molecule has 0 saturated heterocycles. The van der Waals surface area contributed by atoms with Crippen LogP contribution in [0.25, 0.3) is 33.5 Å². The molecule has 1 N–H and O–H groups in total. The number of imidazole rings is 1. The Morgan fingerprint density at radius 3 is 2.71 bits per heavy atom. The largest absolute Gasteiger partial charge is 0.488 e. The van der Waals surface area contributed by atoms with Gasteiger partial charge in [-0.15, -0.1) is 0 Å². The summed E-state index contributed by atoms with van der Waals surface area (Å²) >= 11 is 0. The fraction of sp³-hybridized carbons (Fsp3) is 0.179. The van der Waals surface area contributed by atoms with Crippen LogP contribution in [0.5, 0.6) is 5.75 Å². The molecule has 0 unspecified atom stereocenters. The molecule has 3 aromatic heterocycles. The van der Waals surface area contributed by atoms with Gasteiger partial charge in [-0.1, -0.05) is 24.3 Å². The molecule has 0 radical (unpaired) electrons. The summed E-state index contributed by atoms with van der Waals surface area (Å²) < 4.78 is 24.7. The van der Waals surface area contributed by atoms with Gasteiger partial charge in [-0.2, -0.15) is 0 Å². The molecule has 2 aromatic carbocycles. The average Bonchev–Trinajstić information content (AvgIpc) is 3.29. The Morgan fingerprint density at radius 1 is 0.943 bits per heavy atom. The Morgan fingerprint density at radius 2 is 1.86 bits per heavy atom. The van der Waals surface area contributed by atoms with Crippen LogP contribution < -0.4 is 4.74 Å². The molecule has 0 bridgehead atoms. The third-order valence-corrected chi connectivity index (χ3v) is 5.69. The molecule has 6 nitrogen and oxygen atoms in total. The van der Waals surface area contributed by atoms with Gasteiger partial charge >= 0.3 is 0 Å². The molecule has 0 aliphatic carbocycles. The molecule has 176 valence electrons. The molecule has 0 aliphatic rings. The Hall–Kier alpha value is -4.10. The van der Waals surface area contributed by atoms with Crippen LogP contribution >= 0.6 is 0 Å². The third kappa shape index (κ3) is 5.05. The maximum atomic E-state index is 14.2.